The first kappa shape index (κ1) is 11.2. The van der Waals surface area contributed by atoms with Gasteiger partial charge in [0.1, 0.15) is 0 Å². The summed E-state index contributed by atoms with van der Waals surface area (Å²) in [4.78, 5) is 10.1. The van der Waals surface area contributed by atoms with Gasteiger partial charge in [0.15, 0.2) is 0 Å². The summed E-state index contributed by atoms with van der Waals surface area (Å²) in [6.07, 6.45) is 0.793. The third kappa shape index (κ3) is 9.19. The summed E-state index contributed by atoms with van der Waals surface area (Å²) >= 11 is 0. The van der Waals surface area contributed by atoms with Crippen LogP contribution in [0.1, 0.15) is 12.8 Å². The van der Waals surface area contributed by atoms with E-state index >= 15 is 0 Å². The van der Waals surface area contributed by atoms with E-state index in [-0.39, 0.29) is 0 Å². The second-order valence-electron chi connectivity index (χ2n) is 2.28. The van der Waals surface area contributed by atoms with Crippen LogP contribution in [0.5, 0.6) is 0 Å². The van der Waals surface area contributed by atoms with Crippen molar-refractivity contribution < 1.29 is 14.3 Å². The van der Waals surface area contributed by atoms with Crippen molar-refractivity contribution in [2.45, 2.75) is 12.8 Å². The summed E-state index contributed by atoms with van der Waals surface area (Å²) in [7, 11) is 0. The molecule has 0 saturated heterocycles. The van der Waals surface area contributed by atoms with Crippen LogP contribution in [0.3, 0.4) is 0 Å². The summed E-state index contributed by atoms with van der Waals surface area (Å²) in [5.41, 5.74) is 9.98. The Kier molecular flexibility index (Phi) is 7.73. The predicted octanol–water partition coefficient (Wildman–Crippen LogP) is -0.163. The van der Waals surface area contributed by atoms with Gasteiger partial charge >= 0.3 is 6.09 Å². The number of ether oxygens (including phenoxy) is 2. The number of carbonyl (C=O) groups excluding carboxylic acids is 1. The smallest absolute Gasteiger partial charge is 0.404 e. The molecule has 0 unspecified atom stereocenters. The molecule has 0 rings (SSSR count). The summed E-state index contributed by atoms with van der Waals surface area (Å²) < 4.78 is 9.63. The fourth-order valence-corrected chi connectivity index (χ4v) is 0.621. The van der Waals surface area contributed by atoms with E-state index in [1.165, 1.54) is 0 Å². The van der Waals surface area contributed by atoms with Gasteiger partial charge in [-0.3, -0.25) is 0 Å². The highest BCUT2D eigenvalue weighted by atomic mass is 16.5. The molecule has 0 aliphatic carbocycles. The van der Waals surface area contributed by atoms with Crippen LogP contribution < -0.4 is 11.5 Å². The Morgan fingerprint density at radius 2 is 1.83 bits per heavy atom. The average molecular weight is 176 g/mol. The second kappa shape index (κ2) is 8.29. The van der Waals surface area contributed by atoms with E-state index in [9.17, 15) is 4.79 Å². The van der Waals surface area contributed by atoms with E-state index < -0.39 is 6.09 Å². The van der Waals surface area contributed by atoms with E-state index in [1.54, 1.807) is 0 Å². The number of primary amides is 1. The zero-order valence-electron chi connectivity index (χ0n) is 7.12. The van der Waals surface area contributed by atoms with Crippen molar-refractivity contribution in [1.82, 2.24) is 0 Å². The minimum atomic E-state index is -0.739. The number of hydrogen-bond acceptors (Lipinski definition) is 4. The Balaban J connectivity index is 2.86. The molecule has 72 valence electrons. The SMILES string of the molecule is NCCCOCCCOC(N)=O. The Bertz CT molecular complexity index is 119. The molecule has 5 nitrogen and oxygen atoms in total. The first-order valence-corrected chi connectivity index (χ1v) is 3.97. The largest absolute Gasteiger partial charge is 0.450 e. The monoisotopic (exact) mass is 176 g/mol. The number of hydrogen-bond donors (Lipinski definition) is 2. The molecule has 5 heteroatoms. The summed E-state index contributed by atoms with van der Waals surface area (Å²) in [6.45, 7) is 2.19. The zero-order valence-corrected chi connectivity index (χ0v) is 7.12. The van der Waals surface area contributed by atoms with E-state index in [0.717, 1.165) is 6.42 Å². The molecule has 0 heterocycles. The molecule has 0 aliphatic rings. The third-order valence-electron chi connectivity index (χ3n) is 1.17. The number of carbonyl (C=O) groups is 1. The van der Waals surface area contributed by atoms with Crippen LogP contribution in [0.4, 0.5) is 4.79 Å². The number of rotatable bonds is 7. The van der Waals surface area contributed by atoms with Gasteiger partial charge in [0.05, 0.1) is 6.61 Å². The van der Waals surface area contributed by atoms with E-state index in [2.05, 4.69) is 4.74 Å². The van der Waals surface area contributed by atoms with Gasteiger partial charge in [0.2, 0.25) is 0 Å². The standard InChI is InChI=1S/C7H16N2O3/c8-3-1-4-11-5-2-6-12-7(9)10/h1-6,8H2,(H2,9,10). The first-order chi connectivity index (χ1) is 5.77. The van der Waals surface area contributed by atoms with Crippen LogP contribution in [0, 0.1) is 0 Å². The highest BCUT2D eigenvalue weighted by molar-refractivity contribution is 5.64. The van der Waals surface area contributed by atoms with E-state index in [4.69, 9.17) is 16.2 Å². The first-order valence-electron chi connectivity index (χ1n) is 3.97. The maximum atomic E-state index is 10.1. The lowest BCUT2D eigenvalue weighted by Gasteiger charge is -2.02. The van der Waals surface area contributed by atoms with Crippen LogP contribution in [-0.2, 0) is 9.47 Å². The van der Waals surface area contributed by atoms with E-state index in [1.807, 2.05) is 0 Å². The van der Waals surface area contributed by atoms with Crippen molar-refractivity contribution in [1.29, 1.82) is 0 Å². The van der Waals surface area contributed by atoms with Crippen LogP contribution in [0.15, 0.2) is 0 Å². The van der Waals surface area contributed by atoms with Crippen molar-refractivity contribution in [2.75, 3.05) is 26.4 Å². The highest BCUT2D eigenvalue weighted by Gasteiger charge is 1.92. The van der Waals surface area contributed by atoms with Gasteiger partial charge in [0.25, 0.3) is 0 Å². The fraction of sp³-hybridized carbons (Fsp3) is 0.857. The fourth-order valence-electron chi connectivity index (χ4n) is 0.621. The Hall–Kier alpha value is -0.810. The minimum Gasteiger partial charge on any atom is -0.450 e. The third-order valence-corrected chi connectivity index (χ3v) is 1.17. The summed E-state index contributed by atoms with van der Waals surface area (Å²) in [5.74, 6) is 0. The van der Waals surface area contributed by atoms with Crippen LogP contribution in [0.2, 0.25) is 0 Å². The lowest BCUT2D eigenvalue weighted by molar-refractivity contribution is 0.104. The quantitative estimate of drug-likeness (QED) is 0.527. The van der Waals surface area contributed by atoms with Crippen LogP contribution in [0.25, 0.3) is 0 Å². The van der Waals surface area contributed by atoms with Crippen molar-refractivity contribution >= 4 is 6.09 Å². The minimum absolute atomic E-state index is 0.317. The maximum absolute atomic E-state index is 10.1. The molecule has 0 aromatic heterocycles. The summed E-state index contributed by atoms with van der Waals surface area (Å²) in [6, 6.07) is 0. The van der Waals surface area contributed by atoms with Crippen molar-refractivity contribution in [2.24, 2.45) is 11.5 Å². The van der Waals surface area contributed by atoms with Crippen LogP contribution >= 0.6 is 0 Å². The van der Waals surface area contributed by atoms with Gasteiger partial charge < -0.3 is 20.9 Å². The summed E-state index contributed by atoms with van der Waals surface area (Å²) in [5, 5.41) is 0. The molecule has 0 aromatic carbocycles. The number of amides is 1. The van der Waals surface area contributed by atoms with Gasteiger partial charge in [-0.25, -0.2) is 4.79 Å². The average Bonchev–Trinajstić information content (AvgIpc) is 2.02. The zero-order chi connectivity index (χ0) is 9.23. The number of nitrogens with two attached hydrogens (primary N) is 2. The van der Waals surface area contributed by atoms with Crippen molar-refractivity contribution in [3.63, 3.8) is 0 Å². The Morgan fingerprint density at radius 1 is 1.17 bits per heavy atom. The normalized spacial score (nSPS) is 9.75. The predicted molar refractivity (Wildman–Crippen MR) is 44.6 cm³/mol. The van der Waals surface area contributed by atoms with Gasteiger partial charge in [-0.05, 0) is 13.0 Å². The van der Waals surface area contributed by atoms with Gasteiger partial charge in [-0.15, -0.1) is 0 Å². The van der Waals surface area contributed by atoms with Gasteiger partial charge in [0, 0.05) is 19.6 Å². The molecule has 0 saturated carbocycles. The Morgan fingerprint density at radius 3 is 2.42 bits per heavy atom. The molecule has 0 aromatic rings. The molecule has 0 bridgehead atoms. The molecular weight excluding hydrogens is 160 g/mol. The molecule has 0 spiro atoms. The van der Waals surface area contributed by atoms with Gasteiger partial charge in [-0.1, -0.05) is 0 Å². The molecule has 4 N–H and O–H groups in total. The Labute approximate surface area is 72.0 Å². The topological polar surface area (TPSA) is 87.6 Å². The molecule has 0 aliphatic heterocycles. The molecule has 0 atom stereocenters. The molecule has 1 amide bonds. The highest BCUT2D eigenvalue weighted by Crippen LogP contribution is 1.86. The van der Waals surface area contributed by atoms with Crippen molar-refractivity contribution in [3.8, 4) is 0 Å². The lowest BCUT2D eigenvalue weighted by Crippen LogP contribution is -2.14. The molecule has 0 radical (unpaired) electrons. The maximum Gasteiger partial charge on any atom is 0.404 e. The molecule has 0 fully saturated rings. The van der Waals surface area contributed by atoms with Crippen LogP contribution in [-0.4, -0.2) is 32.5 Å². The molecular formula is C7H16N2O3. The van der Waals surface area contributed by atoms with Crippen molar-refractivity contribution in [3.05, 3.63) is 0 Å². The molecule has 12 heavy (non-hydrogen) atoms. The lowest BCUT2D eigenvalue weighted by atomic mass is 10.4. The van der Waals surface area contributed by atoms with Gasteiger partial charge in [-0.2, -0.15) is 0 Å². The second-order valence-corrected chi connectivity index (χ2v) is 2.28. The van der Waals surface area contributed by atoms with E-state index in [0.29, 0.717) is 32.8 Å².